The van der Waals surface area contributed by atoms with E-state index in [1.165, 1.54) is 73.8 Å². The third kappa shape index (κ3) is 5.60. The van der Waals surface area contributed by atoms with Crippen LogP contribution in [0, 0.1) is 17.0 Å². The van der Waals surface area contributed by atoms with Crippen LogP contribution in [0.3, 0.4) is 0 Å². The molecule has 0 spiro atoms. The van der Waals surface area contributed by atoms with E-state index in [1.807, 2.05) is 0 Å². The van der Waals surface area contributed by atoms with Gasteiger partial charge in [0.05, 0.1) is 28.3 Å². The molecule has 11 heteroatoms. The number of nitro groups is 1. The van der Waals surface area contributed by atoms with E-state index >= 15 is 0 Å². The Hall–Kier alpha value is -3.63. The number of non-ortho nitro benzene ring substituents is 1. The maximum Gasteiger partial charge on any atom is 0.271 e. The second-order valence-corrected chi connectivity index (χ2v) is 9.27. The third-order valence-corrected chi connectivity index (χ3v) is 6.80. The molecule has 0 saturated carbocycles. The van der Waals surface area contributed by atoms with Crippen LogP contribution in [0.4, 0.5) is 17.1 Å². The summed E-state index contributed by atoms with van der Waals surface area (Å²) in [7, 11) is -2.68. The Morgan fingerprint density at radius 2 is 1.73 bits per heavy atom. The van der Waals surface area contributed by atoms with Crippen LogP contribution >= 0.6 is 11.6 Å². The van der Waals surface area contributed by atoms with Gasteiger partial charge >= 0.3 is 0 Å². The van der Waals surface area contributed by atoms with Crippen molar-refractivity contribution in [3.05, 3.63) is 87.4 Å². The van der Waals surface area contributed by atoms with Crippen LogP contribution in [-0.2, 0) is 14.8 Å². The molecule has 33 heavy (non-hydrogen) atoms. The van der Waals surface area contributed by atoms with Gasteiger partial charge in [-0.25, -0.2) is 8.42 Å². The minimum absolute atomic E-state index is 0.0439. The molecule has 1 amide bonds. The molecular weight excluding hydrogens is 470 g/mol. The molecule has 3 aromatic rings. The van der Waals surface area contributed by atoms with Crippen LogP contribution in [0.15, 0.2) is 71.6 Å². The largest absolute Gasteiger partial charge is 0.497 e. The number of halogens is 1. The van der Waals surface area contributed by atoms with E-state index in [2.05, 4.69) is 5.32 Å². The van der Waals surface area contributed by atoms with Crippen molar-refractivity contribution < 1.29 is 22.9 Å². The minimum atomic E-state index is -4.15. The molecule has 0 fully saturated rings. The molecule has 0 radical (unpaired) electrons. The van der Waals surface area contributed by atoms with Gasteiger partial charge in [0.1, 0.15) is 12.3 Å². The van der Waals surface area contributed by atoms with Crippen molar-refractivity contribution >= 4 is 44.6 Å². The van der Waals surface area contributed by atoms with E-state index in [0.29, 0.717) is 16.3 Å². The maximum absolute atomic E-state index is 13.4. The number of aryl methyl sites for hydroxylation is 1. The lowest BCUT2D eigenvalue weighted by atomic mass is 10.2. The Bertz CT molecular complexity index is 1280. The van der Waals surface area contributed by atoms with Gasteiger partial charge in [0.25, 0.3) is 15.7 Å². The first kappa shape index (κ1) is 24.0. The summed E-state index contributed by atoms with van der Waals surface area (Å²) in [5.41, 5.74) is 0.828. The number of ether oxygens (including phenoxy) is 1. The second-order valence-electron chi connectivity index (χ2n) is 6.97. The number of nitro benzene ring substituents is 1. The number of sulfonamides is 1. The topological polar surface area (TPSA) is 119 Å². The SMILES string of the molecule is COc1ccc(S(=O)(=O)N(CC(=O)Nc2cc([N+](=O)[O-])ccc2C)c2ccc(Cl)cc2)cc1. The fourth-order valence-electron chi connectivity index (χ4n) is 2.98. The zero-order valence-electron chi connectivity index (χ0n) is 17.7. The summed E-state index contributed by atoms with van der Waals surface area (Å²) in [6.07, 6.45) is 0. The Labute approximate surface area is 195 Å². The normalized spacial score (nSPS) is 11.0. The van der Waals surface area contributed by atoms with Gasteiger partial charge in [-0.3, -0.25) is 19.2 Å². The third-order valence-electron chi connectivity index (χ3n) is 4.76. The van der Waals surface area contributed by atoms with Gasteiger partial charge in [0, 0.05) is 17.2 Å². The molecule has 0 unspecified atom stereocenters. The Balaban J connectivity index is 1.95. The predicted octanol–water partition coefficient (Wildman–Crippen LogP) is 4.40. The molecule has 0 heterocycles. The van der Waals surface area contributed by atoms with Gasteiger partial charge in [0.15, 0.2) is 0 Å². The summed E-state index contributed by atoms with van der Waals surface area (Å²) in [4.78, 5) is 23.3. The van der Waals surface area contributed by atoms with E-state index in [0.717, 1.165) is 4.31 Å². The summed E-state index contributed by atoms with van der Waals surface area (Å²) < 4.78 is 32.8. The predicted molar refractivity (Wildman–Crippen MR) is 125 cm³/mol. The van der Waals surface area contributed by atoms with Crippen molar-refractivity contribution in [2.24, 2.45) is 0 Å². The Morgan fingerprint density at radius 1 is 1.09 bits per heavy atom. The first-order chi connectivity index (χ1) is 15.6. The zero-order chi connectivity index (χ0) is 24.2. The molecule has 3 aromatic carbocycles. The average Bonchev–Trinajstić information content (AvgIpc) is 2.79. The molecule has 172 valence electrons. The molecule has 1 N–H and O–H groups in total. The molecule has 0 aliphatic carbocycles. The quantitative estimate of drug-likeness (QED) is 0.370. The smallest absolute Gasteiger partial charge is 0.271 e. The maximum atomic E-state index is 13.4. The monoisotopic (exact) mass is 489 g/mol. The summed E-state index contributed by atoms with van der Waals surface area (Å²) in [5, 5.41) is 14.0. The number of nitrogens with one attached hydrogen (secondary N) is 1. The number of carbonyl (C=O) groups is 1. The number of anilines is 2. The highest BCUT2D eigenvalue weighted by atomic mass is 35.5. The number of hydrogen-bond acceptors (Lipinski definition) is 6. The van der Waals surface area contributed by atoms with Crippen LogP contribution in [0.2, 0.25) is 5.02 Å². The summed E-state index contributed by atoms with van der Waals surface area (Å²) in [6, 6.07) is 15.8. The molecule has 9 nitrogen and oxygen atoms in total. The van der Waals surface area contributed by atoms with Crippen molar-refractivity contribution in [2.45, 2.75) is 11.8 Å². The number of rotatable bonds is 8. The van der Waals surface area contributed by atoms with Gasteiger partial charge in [0.2, 0.25) is 5.91 Å². The van der Waals surface area contributed by atoms with Crippen molar-refractivity contribution in [1.82, 2.24) is 0 Å². The zero-order valence-corrected chi connectivity index (χ0v) is 19.3. The molecule has 0 aromatic heterocycles. The summed E-state index contributed by atoms with van der Waals surface area (Å²) in [6.45, 7) is 1.10. The number of nitrogens with zero attached hydrogens (tertiary/aromatic N) is 2. The van der Waals surface area contributed by atoms with Crippen molar-refractivity contribution in [1.29, 1.82) is 0 Å². The molecule has 0 bridgehead atoms. The molecule has 0 aliphatic rings. The van der Waals surface area contributed by atoms with Gasteiger partial charge in [-0.05, 0) is 61.0 Å². The Kier molecular flexibility index (Phi) is 7.19. The molecular formula is C22H20ClN3O6S. The number of amides is 1. The van der Waals surface area contributed by atoms with Crippen LogP contribution in [0.5, 0.6) is 5.75 Å². The highest BCUT2D eigenvalue weighted by molar-refractivity contribution is 7.92. The standard InChI is InChI=1S/C22H20ClN3O6S/c1-15-3-6-18(26(28)29)13-21(15)24-22(27)14-25(17-7-4-16(23)5-8-17)33(30,31)20-11-9-19(32-2)10-12-20/h3-13H,14H2,1-2H3,(H,24,27). The van der Waals surface area contributed by atoms with Gasteiger partial charge in [-0.1, -0.05) is 17.7 Å². The van der Waals surface area contributed by atoms with Crippen LogP contribution in [-0.4, -0.2) is 32.9 Å². The van der Waals surface area contributed by atoms with Gasteiger partial charge in [-0.2, -0.15) is 0 Å². The minimum Gasteiger partial charge on any atom is -0.497 e. The van der Waals surface area contributed by atoms with Gasteiger partial charge in [-0.15, -0.1) is 0 Å². The van der Waals surface area contributed by atoms with Crippen LogP contribution < -0.4 is 14.4 Å². The summed E-state index contributed by atoms with van der Waals surface area (Å²) >= 11 is 5.94. The number of hydrogen-bond donors (Lipinski definition) is 1. The lowest BCUT2D eigenvalue weighted by Gasteiger charge is -2.24. The molecule has 0 atom stereocenters. The van der Waals surface area contributed by atoms with E-state index in [1.54, 1.807) is 6.92 Å². The van der Waals surface area contributed by atoms with E-state index in [-0.39, 0.29) is 22.0 Å². The first-order valence-electron chi connectivity index (χ1n) is 9.59. The van der Waals surface area contributed by atoms with Crippen molar-refractivity contribution in [3.63, 3.8) is 0 Å². The molecule has 3 rings (SSSR count). The van der Waals surface area contributed by atoms with Crippen molar-refractivity contribution in [3.8, 4) is 5.75 Å². The Morgan fingerprint density at radius 3 is 2.30 bits per heavy atom. The summed E-state index contributed by atoms with van der Waals surface area (Å²) in [5.74, 6) is -0.198. The number of methoxy groups -OCH3 is 1. The van der Waals surface area contributed by atoms with Crippen molar-refractivity contribution in [2.75, 3.05) is 23.3 Å². The first-order valence-corrected chi connectivity index (χ1v) is 11.4. The fraction of sp³-hybridized carbons (Fsp3) is 0.136. The van der Waals surface area contributed by atoms with E-state index < -0.39 is 27.4 Å². The molecule has 0 aliphatic heterocycles. The number of benzene rings is 3. The highest BCUT2D eigenvalue weighted by Gasteiger charge is 2.27. The van der Waals surface area contributed by atoms with Gasteiger partial charge < -0.3 is 10.1 Å². The lowest BCUT2D eigenvalue weighted by molar-refractivity contribution is -0.384. The molecule has 0 saturated heterocycles. The van der Waals surface area contributed by atoms with Crippen LogP contribution in [0.1, 0.15) is 5.56 Å². The highest BCUT2D eigenvalue weighted by Crippen LogP contribution is 2.27. The average molecular weight is 490 g/mol. The fourth-order valence-corrected chi connectivity index (χ4v) is 4.52. The van der Waals surface area contributed by atoms with E-state index in [9.17, 15) is 23.3 Å². The number of carbonyl (C=O) groups excluding carboxylic acids is 1. The lowest BCUT2D eigenvalue weighted by Crippen LogP contribution is -2.38. The van der Waals surface area contributed by atoms with E-state index in [4.69, 9.17) is 16.3 Å². The second kappa shape index (κ2) is 9.88. The van der Waals surface area contributed by atoms with Crippen LogP contribution in [0.25, 0.3) is 0 Å².